The summed E-state index contributed by atoms with van der Waals surface area (Å²) in [5.41, 5.74) is 0. The Hall–Kier alpha value is -0.801. The van der Waals surface area contributed by atoms with Gasteiger partial charge in [-0.3, -0.25) is 0 Å². The number of hydrogen-bond donors (Lipinski definition) is 1. The Morgan fingerprint density at radius 1 is 1.67 bits per heavy atom. The maximum atomic E-state index is 9.96. The Morgan fingerprint density at radius 2 is 2.33 bits per heavy atom. The van der Waals surface area contributed by atoms with Crippen molar-refractivity contribution < 1.29 is 27.0 Å². The number of rotatable bonds is 0. The summed E-state index contributed by atoms with van der Waals surface area (Å²) in [4.78, 5) is 9.96. The standard InChI is InChI=1S/C4H4N2O2.Cu/c7-4(8)6-3-1-2-5-6;/h1-3H,(H,7,8);. The van der Waals surface area contributed by atoms with Gasteiger partial charge in [-0.15, -0.1) is 0 Å². The number of nitrogens with zero attached hydrogens (tertiary/aromatic N) is 2. The second-order valence-electron chi connectivity index (χ2n) is 1.23. The Labute approximate surface area is 62.0 Å². The molecule has 0 spiro atoms. The molecule has 0 fully saturated rings. The average molecular weight is 176 g/mol. The first-order valence-corrected chi connectivity index (χ1v) is 2.03. The van der Waals surface area contributed by atoms with E-state index >= 15 is 0 Å². The molecule has 0 atom stereocenters. The first-order valence-electron chi connectivity index (χ1n) is 2.03. The summed E-state index contributed by atoms with van der Waals surface area (Å²) in [6.45, 7) is 0. The quantitative estimate of drug-likeness (QED) is 0.581. The van der Waals surface area contributed by atoms with Crippen molar-refractivity contribution in [2.24, 2.45) is 0 Å². The minimum absolute atomic E-state index is 0. The van der Waals surface area contributed by atoms with Crippen LogP contribution in [-0.2, 0) is 17.1 Å². The summed E-state index contributed by atoms with van der Waals surface area (Å²) in [5, 5.41) is 11.6. The van der Waals surface area contributed by atoms with Gasteiger partial charge in [-0.25, -0.2) is 4.79 Å². The minimum atomic E-state index is -1.06. The van der Waals surface area contributed by atoms with Gasteiger partial charge in [0.2, 0.25) is 0 Å². The normalized spacial score (nSPS) is 8.00. The van der Waals surface area contributed by atoms with E-state index in [0.717, 1.165) is 4.68 Å². The zero-order chi connectivity index (χ0) is 5.98. The van der Waals surface area contributed by atoms with Gasteiger partial charge in [0.05, 0.1) is 0 Å². The largest absolute Gasteiger partial charge is 0.463 e. The molecule has 0 aliphatic carbocycles. The van der Waals surface area contributed by atoms with Gasteiger partial charge in [-0.05, 0) is 6.07 Å². The van der Waals surface area contributed by atoms with Gasteiger partial charge in [0.25, 0.3) is 0 Å². The zero-order valence-corrected chi connectivity index (χ0v) is 5.23. The summed E-state index contributed by atoms with van der Waals surface area (Å²) >= 11 is 0. The molecule has 0 saturated heterocycles. The van der Waals surface area contributed by atoms with Gasteiger partial charge >= 0.3 is 6.09 Å². The molecule has 1 heterocycles. The Morgan fingerprint density at radius 3 is 2.56 bits per heavy atom. The minimum Gasteiger partial charge on any atom is -0.463 e. The van der Waals surface area contributed by atoms with Gasteiger partial charge in [0, 0.05) is 29.5 Å². The molecule has 1 rings (SSSR count). The maximum absolute atomic E-state index is 9.96. The topological polar surface area (TPSA) is 55.1 Å². The van der Waals surface area contributed by atoms with Gasteiger partial charge in [-0.2, -0.15) is 9.78 Å². The second kappa shape index (κ2) is 3.27. The van der Waals surface area contributed by atoms with E-state index < -0.39 is 6.09 Å². The smallest absolute Gasteiger partial charge is 0.432 e. The summed E-state index contributed by atoms with van der Waals surface area (Å²) < 4.78 is 0.833. The molecular weight excluding hydrogens is 172 g/mol. The average Bonchev–Trinajstić information content (AvgIpc) is 2.12. The molecule has 0 amide bonds. The van der Waals surface area contributed by atoms with Crippen LogP contribution in [0.2, 0.25) is 0 Å². The molecule has 1 aromatic heterocycles. The van der Waals surface area contributed by atoms with Crippen molar-refractivity contribution in [2.75, 3.05) is 0 Å². The van der Waals surface area contributed by atoms with E-state index in [-0.39, 0.29) is 17.1 Å². The van der Waals surface area contributed by atoms with Crippen molar-refractivity contribution >= 4 is 6.09 Å². The molecule has 0 aliphatic heterocycles. The van der Waals surface area contributed by atoms with Crippen LogP contribution in [-0.4, -0.2) is 21.0 Å². The van der Waals surface area contributed by atoms with Gasteiger partial charge in [0.1, 0.15) is 0 Å². The summed E-state index contributed by atoms with van der Waals surface area (Å²) in [5.74, 6) is 0. The van der Waals surface area contributed by atoms with Crippen molar-refractivity contribution in [1.82, 2.24) is 9.78 Å². The first kappa shape index (κ1) is 8.20. The van der Waals surface area contributed by atoms with Crippen LogP contribution in [0, 0.1) is 0 Å². The first-order chi connectivity index (χ1) is 3.80. The van der Waals surface area contributed by atoms with Crippen LogP contribution in [0.15, 0.2) is 18.5 Å². The Bertz CT molecular complexity index is 184. The summed E-state index contributed by atoms with van der Waals surface area (Å²) in [6.07, 6.45) is 1.71. The van der Waals surface area contributed by atoms with Gasteiger partial charge in [-0.1, -0.05) is 0 Å². The molecule has 1 N–H and O–H groups in total. The van der Waals surface area contributed by atoms with Crippen LogP contribution in [0.25, 0.3) is 0 Å². The van der Waals surface area contributed by atoms with E-state index in [1.165, 1.54) is 12.4 Å². The van der Waals surface area contributed by atoms with Gasteiger partial charge in [0.15, 0.2) is 0 Å². The third kappa shape index (κ3) is 1.87. The monoisotopic (exact) mass is 175 g/mol. The summed E-state index contributed by atoms with van der Waals surface area (Å²) in [7, 11) is 0. The van der Waals surface area contributed by atoms with Crippen molar-refractivity contribution in [3.05, 3.63) is 18.5 Å². The molecular formula is C4H4CuN2O2. The molecule has 0 aromatic carbocycles. The molecule has 1 aromatic rings. The van der Waals surface area contributed by atoms with E-state index in [1.54, 1.807) is 6.07 Å². The number of aromatic nitrogens is 2. The SMILES string of the molecule is O=C(O)n1cccn1.[Cu]. The van der Waals surface area contributed by atoms with Crippen LogP contribution in [0.4, 0.5) is 4.79 Å². The maximum Gasteiger partial charge on any atom is 0.432 e. The fourth-order valence-corrected chi connectivity index (χ4v) is 0.382. The second-order valence-corrected chi connectivity index (χ2v) is 1.23. The third-order valence-corrected chi connectivity index (χ3v) is 0.700. The van der Waals surface area contributed by atoms with Crippen molar-refractivity contribution in [3.63, 3.8) is 0 Å². The van der Waals surface area contributed by atoms with Crippen LogP contribution < -0.4 is 0 Å². The molecule has 1 radical (unpaired) electrons. The molecule has 9 heavy (non-hydrogen) atoms. The Balaban J connectivity index is 0.000000640. The summed E-state index contributed by atoms with van der Waals surface area (Å²) in [6, 6.07) is 1.55. The fourth-order valence-electron chi connectivity index (χ4n) is 0.382. The van der Waals surface area contributed by atoms with E-state index in [4.69, 9.17) is 5.11 Å². The van der Waals surface area contributed by atoms with Crippen molar-refractivity contribution in [1.29, 1.82) is 0 Å². The van der Waals surface area contributed by atoms with Crippen LogP contribution in [0.5, 0.6) is 0 Å². The van der Waals surface area contributed by atoms with E-state index in [0.29, 0.717) is 0 Å². The molecule has 0 bridgehead atoms. The van der Waals surface area contributed by atoms with Gasteiger partial charge < -0.3 is 5.11 Å². The molecule has 53 valence electrons. The van der Waals surface area contributed by atoms with Crippen LogP contribution >= 0.6 is 0 Å². The molecule has 0 aliphatic rings. The third-order valence-electron chi connectivity index (χ3n) is 0.700. The van der Waals surface area contributed by atoms with Crippen molar-refractivity contribution in [2.45, 2.75) is 0 Å². The zero-order valence-electron chi connectivity index (χ0n) is 4.28. The molecule has 0 saturated carbocycles. The molecule has 0 unspecified atom stereocenters. The number of carbonyl (C=O) groups is 1. The fraction of sp³-hybridized carbons (Fsp3) is 0. The van der Waals surface area contributed by atoms with Crippen molar-refractivity contribution in [3.8, 4) is 0 Å². The van der Waals surface area contributed by atoms with E-state index in [2.05, 4.69) is 5.10 Å². The predicted octanol–water partition coefficient (Wildman–Crippen LogP) is 0.407. The van der Waals surface area contributed by atoms with Crippen LogP contribution in [0.1, 0.15) is 0 Å². The van der Waals surface area contributed by atoms with E-state index in [1.807, 2.05) is 0 Å². The number of carboxylic acid groups (broad SMARTS) is 1. The Kier molecular flexibility index (Phi) is 2.98. The predicted molar refractivity (Wildman–Crippen MR) is 25.6 cm³/mol. The van der Waals surface area contributed by atoms with E-state index in [9.17, 15) is 4.79 Å². The van der Waals surface area contributed by atoms with Crippen LogP contribution in [0.3, 0.4) is 0 Å². The number of hydrogen-bond acceptors (Lipinski definition) is 2. The molecule has 4 nitrogen and oxygen atoms in total. The molecule has 5 heteroatoms.